The number of benzene rings is 1. The van der Waals surface area contributed by atoms with Crippen LogP contribution in [0.2, 0.25) is 0 Å². The van der Waals surface area contributed by atoms with Crippen LogP contribution in [0.3, 0.4) is 0 Å². The largest absolute Gasteiger partial charge is 0.357 e. The molecule has 0 amide bonds. The molecule has 0 N–H and O–H groups in total. The van der Waals surface area contributed by atoms with Crippen molar-refractivity contribution in [3.05, 3.63) is 59.9 Å². The van der Waals surface area contributed by atoms with E-state index in [0.717, 1.165) is 0 Å². The highest BCUT2D eigenvalue weighted by atomic mass is 15.2. The topological polar surface area (TPSA) is 16.1 Å². The summed E-state index contributed by atoms with van der Waals surface area (Å²) >= 11 is 0. The predicted octanol–water partition coefficient (Wildman–Crippen LogP) is 3.48. The van der Waals surface area contributed by atoms with Crippen molar-refractivity contribution in [1.82, 2.24) is 4.98 Å². The first kappa shape index (κ1) is 9.23. The summed E-state index contributed by atoms with van der Waals surface area (Å²) in [6.45, 7) is 0. The maximum absolute atomic E-state index is 4.11. The fourth-order valence-electron chi connectivity index (χ4n) is 3.42. The summed E-state index contributed by atoms with van der Waals surface area (Å²) in [6, 6.07) is 14.3. The van der Waals surface area contributed by atoms with Crippen LogP contribution in [0.15, 0.2) is 48.8 Å². The van der Waals surface area contributed by atoms with Crippen molar-refractivity contribution in [3.63, 3.8) is 0 Å². The Balaban J connectivity index is 1.84. The van der Waals surface area contributed by atoms with Crippen molar-refractivity contribution in [2.45, 2.75) is 24.9 Å². The zero-order chi connectivity index (χ0) is 11.2. The molecule has 0 aliphatic carbocycles. The first-order chi connectivity index (χ1) is 8.45. The van der Waals surface area contributed by atoms with Gasteiger partial charge in [-0.2, -0.15) is 0 Å². The van der Waals surface area contributed by atoms with Crippen LogP contribution >= 0.6 is 0 Å². The van der Waals surface area contributed by atoms with Crippen LogP contribution in [0.4, 0.5) is 5.69 Å². The number of pyridine rings is 1. The van der Waals surface area contributed by atoms with E-state index in [1.54, 1.807) is 0 Å². The average molecular weight is 222 g/mol. The van der Waals surface area contributed by atoms with Gasteiger partial charge in [-0.05, 0) is 36.1 Å². The second-order valence-electron chi connectivity index (χ2n) is 4.85. The summed E-state index contributed by atoms with van der Waals surface area (Å²) in [5.41, 5.74) is 4.37. The van der Waals surface area contributed by atoms with Crippen molar-refractivity contribution >= 4 is 5.69 Å². The van der Waals surface area contributed by atoms with E-state index in [4.69, 9.17) is 0 Å². The molecule has 2 atom stereocenters. The average Bonchev–Trinajstić information content (AvgIpc) is 2.97. The molecule has 1 aromatic heterocycles. The molecule has 2 aromatic rings. The van der Waals surface area contributed by atoms with E-state index in [1.807, 2.05) is 12.4 Å². The third-order valence-electron chi connectivity index (χ3n) is 4.06. The van der Waals surface area contributed by atoms with Gasteiger partial charge in [0.1, 0.15) is 0 Å². The Morgan fingerprint density at radius 1 is 0.882 bits per heavy atom. The number of nitrogens with zero attached hydrogens (tertiary/aromatic N) is 2. The molecule has 17 heavy (non-hydrogen) atoms. The van der Waals surface area contributed by atoms with Crippen molar-refractivity contribution in [2.75, 3.05) is 4.90 Å². The van der Waals surface area contributed by atoms with Gasteiger partial charge >= 0.3 is 0 Å². The number of anilines is 1. The number of hydrogen-bond donors (Lipinski definition) is 0. The van der Waals surface area contributed by atoms with Crippen LogP contribution in [-0.2, 0) is 0 Å². The molecular formula is C15H14N2. The quantitative estimate of drug-likeness (QED) is 0.734. The number of hydrogen-bond acceptors (Lipinski definition) is 2. The highest BCUT2D eigenvalue weighted by molar-refractivity contribution is 5.58. The van der Waals surface area contributed by atoms with Gasteiger partial charge in [0.15, 0.2) is 0 Å². The van der Waals surface area contributed by atoms with Gasteiger partial charge in [-0.3, -0.25) is 4.98 Å². The van der Waals surface area contributed by atoms with Crippen LogP contribution in [0.1, 0.15) is 36.1 Å². The van der Waals surface area contributed by atoms with Crippen LogP contribution in [0.5, 0.6) is 0 Å². The molecule has 0 spiro atoms. The predicted molar refractivity (Wildman–Crippen MR) is 67.9 cm³/mol. The van der Waals surface area contributed by atoms with E-state index < -0.39 is 0 Å². The highest BCUT2D eigenvalue weighted by Gasteiger charge is 2.43. The molecule has 2 unspecified atom stereocenters. The summed E-state index contributed by atoms with van der Waals surface area (Å²) in [5, 5.41) is 0. The van der Waals surface area contributed by atoms with Crippen LogP contribution in [0, 0.1) is 0 Å². The molecule has 2 aliphatic heterocycles. The fraction of sp³-hybridized carbons (Fsp3) is 0.267. The standard InChI is InChI=1S/C15H14N2/c1-2-4-13-12(3-1)14-5-6-15(13)17(14)11-7-9-16-10-8-11/h1-4,7-10,14-15H,5-6H2. The highest BCUT2D eigenvalue weighted by Crippen LogP contribution is 2.54. The SMILES string of the molecule is c1ccc2c(c1)C1CCC2N1c1ccncc1. The lowest BCUT2D eigenvalue weighted by Gasteiger charge is -2.24. The Hall–Kier alpha value is -1.83. The van der Waals surface area contributed by atoms with Crippen LogP contribution in [-0.4, -0.2) is 4.98 Å². The Labute approximate surface area is 101 Å². The molecular weight excluding hydrogens is 208 g/mol. The van der Waals surface area contributed by atoms with E-state index in [-0.39, 0.29) is 0 Å². The van der Waals surface area contributed by atoms with Gasteiger partial charge in [0.2, 0.25) is 0 Å². The maximum atomic E-state index is 4.11. The molecule has 3 heterocycles. The third kappa shape index (κ3) is 1.18. The molecule has 84 valence electrons. The van der Waals surface area contributed by atoms with Crippen LogP contribution in [0.25, 0.3) is 0 Å². The van der Waals surface area contributed by atoms with Gasteiger partial charge in [-0.1, -0.05) is 24.3 Å². The smallest absolute Gasteiger partial charge is 0.0553 e. The second-order valence-corrected chi connectivity index (χ2v) is 4.85. The second kappa shape index (κ2) is 3.33. The van der Waals surface area contributed by atoms with Gasteiger partial charge in [-0.25, -0.2) is 0 Å². The Kier molecular flexibility index (Phi) is 1.81. The molecule has 4 rings (SSSR count). The van der Waals surface area contributed by atoms with Gasteiger partial charge in [0.25, 0.3) is 0 Å². The monoisotopic (exact) mass is 222 g/mol. The minimum Gasteiger partial charge on any atom is -0.357 e. The van der Waals surface area contributed by atoms with Crippen LogP contribution < -0.4 is 4.90 Å². The Morgan fingerprint density at radius 3 is 2.06 bits per heavy atom. The Bertz CT molecular complexity index is 519. The number of fused-ring (bicyclic) bond motifs is 5. The van der Waals surface area contributed by atoms with E-state index >= 15 is 0 Å². The molecule has 0 saturated carbocycles. The molecule has 2 bridgehead atoms. The normalized spacial score (nSPS) is 25.1. The van der Waals surface area contributed by atoms with E-state index in [0.29, 0.717) is 12.1 Å². The van der Waals surface area contributed by atoms with Gasteiger partial charge < -0.3 is 4.90 Å². The third-order valence-corrected chi connectivity index (χ3v) is 4.06. The van der Waals surface area contributed by atoms with Crippen molar-refractivity contribution in [2.24, 2.45) is 0 Å². The van der Waals surface area contributed by atoms with Gasteiger partial charge in [0, 0.05) is 18.1 Å². The first-order valence-corrected chi connectivity index (χ1v) is 6.22. The maximum Gasteiger partial charge on any atom is 0.0553 e. The molecule has 1 fully saturated rings. The molecule has 1 aromatic carbocycles. The number of rotatable bonds is 1. The van der Waals surface area contributed by atoms with E-state index in [9.17, 15) is 0 Å². The summed E-state index contributed by atoms with van der Waals surface area (Å²) in [5.74, 6) is 0. The molecule has 1 saturated heterocycles. The van der Waals surface area contributed by atoms with Gasteiger partial charge in [-0.15, -0.1) is 0 Å². The lowest BCUT2D eigenvalue weighted by atomic mass is 9.92. The van der Waals surface area contributed by atoms with Crippen molar-refractivity contribution < 1.29 is 0 Å². The summed E-state index contributed by atoms with van der Waals surface area (Å²) < 4.78 is 0. The summed E-state index contributed by atoms with van der Waals surface area (Å²) in [6.07, 6.45) is 6.34. The molecule has 2 aliphatic rings. The first-order valence-electron chi connectivity index (χ1n) is 6.22. The van der Waals surface area contributed by atoms with E-state index in [2.05, 4.69) is 46.3 Å². The minimum absolute atomic E-state index is 0.582. The van der Waals surface area contributed by atoms with Crippen molar-refractivity contribution in [1.29, 1.82) is 0 Å². The van der Waals surface area contributed by atoms with Gasteiger partial charge in [0.05, 0.1) is 12.1 Å². The zero-order valence-corrected chi connectivity index (χ0v) is 9.58. The fourth-order valence-corrected chi connectivity index (χ4v) is 3.42. The van der Waals surface area contributed by atoms with Crippen molar-refractivity contribution in [3.8, 4) is 0 Å². The molecule has 2 nitrogen and oxygen atoms in total. The lowest BCUT2D eigenvalue weighted by molar-refractivity contribution is 0.717. The Morgan fingerprint density at radius 2 is 1.47 bits per heavy atom. The lowest BCUT2D eigenvalue weighted by Crippen LogP contribution is -2.18. The summed E-state index contributed by atoms with van der Waals surface area (Å²) in [7, 11) is 0. The number of aromatic nitrogens is 1. The minimum atomic E-state index is 0.582. The van der Waals surface area contributed by atoms with E-state index in [1.165, 1.54) is 29.7 Å². The molecule has 0 radical (unpaired) electrons. The zero-order valence-electron chi connectivity index (χ0n) is 9.58. The summed E-state index contributed by atoms with van der Waals surface area (Å²) in [4.78, 5) is 6.67. The molecule has 2 heteroatoms.